The van der Waals surface area contributed by atoms with Gasteiger partial charge < -0.3 is 9.42 Å². The fourth-order valence-corrected chi connectivity index (χ4v) is 9.72. The van der Waals surface area contributed by atoms with Crippen LogP contribution in [0.2, 0.25) is 0 Å². The summed E-state index contributed by atoms with van der Waals surface area (Å²) in [6, 6.07) is 8.43. The quantitative estimate of drug-likeness (QED) is 0.206. The zero-order chi connectivity index (χ0) is 29.0. The molecule has 7 aliphatic rings. The fourth-order valence-electron chi connectivity index (χ4n) is 8.86. The molecule has 3 heterocycles. The van der Waals surface area contributed by atoms with Crippen LogP contribution in [0.1, 0.15) is 99.7 Å². The average Bonchev–Trinajstić information content (AvgIpc) is 3.58. The zero-order valence-corrected chi connectivity index (χ0v) is 25.4. The second-order valence-electron chi connectivity index (χ2n) is 14.7. The molecule has 0 spiro atoms. The summed E-state index contributed by atoms with van der Waals surface area (Å²) in [4.78, 5) is 30.3. The Labute approximate surface area is 254 Å². The number of carbonyl (C=O) groups is 1. The number of hydrogen-bond acceptors (Lipinski definition) is 7. The summed E-state index contributed by atoms with van der Waals surface area (Å²) in [7, 11) is 0. The van der Waals surface area contributed by atoms with Crippen LogP contribution in [0.4, 0.5) is 10.1 Å². The highest BCUT2D eigenvalue weighted by atomic mass is 32.1. The van der Waals surface area contributed by atoms with Gasteiger partial charge in [0.25, 0.3) is 0 Å². The number of hydrogen-bond donors (Lipinski definition) is 0. The van der Waals surface area contributed by atoms with Gasteiger partial charge in [-0.15, -0.1) is 11.3 Å². The molecule has 4 bridgehead atoms. The largest absolute Gasteiger partial charge is 0.339 e. The molecule has 7 nitrogen and oxygen atoms in total. The monoisotopic (exact) mass is 597 g/mol. The summed E-state index contributed by atoms with van der Waals surface area (Å²) in [6.07, 6.45) is 14.2. The molecule has 4 aromatic rings. The van der Waals surface area contributed by atoms with Gasteiger partial charge in [0, 0.05) is 36.1 Å². The lowest BCUT2D eigenvalue weighted by molar-refractivity contribution is -0.215. The Morgan fingerprint density at radius 1 is 1.00 bits per heavy atom. The predicted molar refractivity (Wildman–Crippen MR) is 163 cm³/mol. The third kappa shape index (κ3) is 4.28. The molecule has 0 unspecified atom stereocenters. The van der Waals surface area contributed by atoms with Gasteiger partial charge in [-0.3, -0.25) is 9.78 Å². The minimum absolute atomic E-state index is 0.0207. The molecular weight excluding hydrogens is 561 g/mol. The maximum absolute atomic E-state index is 14.4. The number of aryl methyl sites for hydroxylation is 1. The molecule has 43 heavy (non-hydrogen) atoms. The van der Waals surface area contributed by atoms with Crippen LogP contribution in [0.5, 0.6) is 0 Å². The molecule has 7 aliphatic carbocycles. The number of rotatable bonds is 8. The van der Waals surface area contributed by atoms with Gasteiger partial charge in [-0.1, -0.05) is 11.2 Å². The number of thiazole rings is 1. The van der Waals surface area contributed by atoms with Crippen molar-refractivity contribution in [3.63, 3.8) is 0 Å². The zero-order valence-electron chi connectivity index (χ0n) is 24.6. The number of aromatic nitrogens is 4. The van der Waals surface area contributed by atoms with Gasteiger partial charge in [-0.2, -0.15) is 4.98 Å². The van der Waals surface area contributed by atoms with E-state index in [0.29, 0.717) is 38.1 Å². The number of fused-ring (bicyclic) bond motifs is 4. The Bertz CT molecular complexity index is 1730. The molecule has 0 radical (unpaired) electrons. The molecule has 1 aromatic carbocycles. The minimum Gasteiger partial charge on any atom is -0.339 e. The standard InChI is InChI=1S/C34H36FN5O2S/c1-21-37-26-5-4-23(13-27(26)43-21)24-12-25(16-36-15-24)40(28(41)14-32-17-34(35,18-32)19-32)20-31-6-9-33(10-7-31,11-8-31)30-38-29(39-42-30)22-2-3-22/h4-5,12-13,15-16,22H,2-3,6-11,14,17-20H2,1H3. The van der Waals surface area contributed by atoms with Crippen molar-refractivity contribution in [2.75, 3.05) is 11.4 Å². The van der Waals surface area contributed by atoms with Gasteiger partial charge in [0.2, 0.25) is 11.8 Å². The van der Waals surface area contributed by atoms with Gasteiger partial charge in [-0.05, 0) is 112 Å². The molecule has 7 saturated carbocycles. The summed E-state index contributed by atoms with van der Waals surface area (Å²) in [5, 5.41) is 5.37. The van der Waals surface area contributed by atoms with Crippen molar-refractivity contribution >= 4 is 33.1 Å². The summed E-state index contributed by atoms with van der Waals surface area (Å²) >= 11 is 1.69. The van der Waals surface area contributed by atoms with E-state index in [4.69, 9.17) is 9.51 Å². The predicted octanol–water partition coefficient (Wildman–Crippen LogP) is 7.83. The second-order valence-corrected chi connectivity index (χ2v) is 15.9. The summed E-state index contributed by atoms with van der Waals surface area (Å²) < 4.78 is 21.4. The van der Waals surface area contributed by atoms with E-state index in [0.717, 1.165) is 82.3 Å². The van der Waals surface area contributed by atoms with E-state index in [1.54, 1.807) is 11.3 Å². The molecule has 11 rings (SSSR count). The third-order valence-electron chi connectivity index (χ3n) is 11.5. The van der Waals surface area contributed by atoms with E-state index in [9.17, 15) is 9.18 Å². The SMILES string of the molecule is Cc1nc2ccc(-c3cncc(N(CC45CCC(c6nc(C7CC7)no6)(CC4)CC5)C(=O)CC45CC(F)(C4)C5)c3)cc2s1. The Morgan fingerprint density at radius 3 is 2.49 bits per heavy atom. The third-order valence-corrected chi connectivity index (χ3v) is 12.4. The van der Waals surface area contributed by atoms with Crippen molar-refractivity contribution in [1.82, 2.24) is 20.1 Å². The number of carbonyl (C=O) groups excluding carboxylic acids is 1. The first-order chi connectivity index (χ1) is 20.7. The molecule has 9 heteroatoms. The van der Waals surface area contributed by atoms with Crippen molar-refractivity contribution in [1.29, 1.82) is 0 Å². The average molecular weight is 598 g/mol. The maximum Gasteiger partial charge on any atom is 0.232 e. The molecule has 0 atom stereocenters. The second kappa shape index (κ2) is 8.93. The number of halogens is 1. The van der Waals surface area contributed by atoms with Crippen molar-refractivity contribution < 1.29 is 13.7 Å². The Balaban J connectivity index is 0.999. The number of nitrogens with zero attached hydrogens (tertiary/aromatic N) is 5. The molecule has 222 valence electrons. The first kappa shape index (κ1) is 26.2. The number of amides is 1. The lowest BCUT2D eigenvalue weighted by Crippen LogP contribution is -2.65. The molecule has 1 amide bonds. The topological polar surface area (TPSA) is 85.0 Å². The van der Waals surface area contributed by atoms with Crippen LogP contribution in [-0.4, -0.2) is 38.2 Å². The van der Waals surface area contributed by atoms with Gasteiger partial charge in [0.1, 0.15) is 5.67 Å². The molecule has 3 aromatic heterocycles. The fraction of sp³-hybridized carbons (Fsp3) is 0.559. The van der Waals surface area contributed by atoms with E-state index >= 15 is 0 Å². The van der Waals surface area contributed by atoms with Crippen molar-refractivity contribution in [3.05, 3.63) is 53.4 Å². The molecule has 0 N–H and O–H groups in total. The van der Waals surface area contributed by atoms with Crippen LogP contribution in [0.3, 0.4) is 0 Å². The summed E-state index contributed by atoms with van der Waals surface area (Å²) in [5.74, 6) is 2.33. The van der Waals surface area contributed by atoms with Crippen LogP contribution >= 0.6 is 11.3 Å². The number of benzene rings is 1. The van der Waals surface area contributed by atoms with Gasteiger partial charge in [0.15, 0.2) is 5.82 Å². The summed E-state index contributed by atoms with van der Waals surface area (Å²) in [6.45, 7) is 2.70. The van der Waals surface area contributed by atoms with Gasteiger partial charge in [0.05, 0.1) is 27.1 Å². The first-order valence-electron chi connectivity index (χ1n) is 15.9. The number of anilines is 1. The summed E-state index contributed by atoms with van der Waals surface area (Å²) in [5.41, 5.74) is 2.77. The highest BCUT2D eigenvalue weighted by molar-refractivity contribution is 7.18. The smallest absolute Gasteiger partial charge is 0.232 e. The molecule has 7 fully saturated rings. The lowest BCUT2D eigenvalue weighted by Gasteiger charge is -2.66. The molecular formula is C34H36FN5O2S. The lowest BCUT2D eigenvalue weighted by atomic mass is 9.41. The normalized spacial score (nSPS) is 32.4. The van der Waals surface area contributed by atoms with E-state index in [2.05, 4.69) is 39.4 Å². The van der Waals surface area contributed by atoms with Crippen molar-refractivity contribution in [2.45, 2.75) is 101 Å². The van der Waals surface area contributed by atoms with E-state index < -0.39 is 5.67 Å². The van der Waals surface area contributed by atoms with Gasteiger partial charge >= 0.3 is 0 Å². The van der Waals surface area contributed by atoms with Crippen LogP contribution < -0.4 is 4.90 Å². The maximum atomic E-state index is 14.4. The minimum atomic E-state index is -1.01. The Kier molecular flexibility index (Phi) is 5.44. The van der Waals surface area contributed by atoms with Crippen molar-refractivity contribution in [3.8, 4) is 11.1 Å². The van der Waals surface area contributed by atoms with Crippen molar-refractivity contribution in [2.24, 2.45) is 10.8 Å². The van der Waals surface area contributed by atoms with Crippen LogP contribution in [0.25, 0.3) is 21.3 Å². The number of pyridine rings is 1. The Hall–Kier alpha value is -3.20. The van der Waals surface area contributed by atoms with E-state index in [1.807, 2.05) is 24.2 Å². The van der Waals surface area contributed by atoms with Crippen LogP contribution in [-0.2, 0) is 10.2 Å². The highest BCUT2D eigenvalue weighted by Crippen LogP contribution is 2.71. The molecule has 0 aliphatic heterocycles. The van der Waals surface area contributed by atoms with Crippen LogP contribution in [0.15, 0.2) is 41.2 Å². The first-order valence-corrected chi connectivity index (χ1v) is 16.7. The number of alkyl halides is 1. The van der Waals surface area contributed by atoms with Gasteiger partial charge in [-0.25, -0.2) is 9.37 Å². The Morgan fingerprint density at radius 2 is 1.77 bits per heavy atom. The highest BCUT2D eigenvalue weighted by Gasteiger charge is 2.69. The van der Waals surface area contributed by atoms with Crippen LogP contribution in [0, 0.1) is 17.8 Å². The van der Waals surface area contributed by atoms with E-state index in [-0.39, 0.29) is 22.2 Å². The molecule has 0 saturated heterocycles. The van der Waals surface area contributed by atoms with E-state index in [1.165, 1.54) is 12.8 Å².